The van der Waals surface area contributed by atoms with Gasteiger partial charge in [-0.05, 0) is 29.8 Å². The number of halogens is 1. The summed E-state index contributed by atoms with van der Waals surface area (Å²) in [7, 11) is 1.66. The molecule has 0 saturated heterocycles. The van der Waals surface area contributed by atoms with Gasteiger partial charge >= 0.3 is 0 Å². The molecule has 5 heteroatoms. The largest absolute Gasteiger partial charge is 0.496 e. The zero-order valence-electron chi connectivity index (χ0n) is 14.5. The van der Waals surface area contributed by atoms with Gasteiger partial charge in [-0.15, -0.1) is 17.8 Å². The van der Waals surface area contributed by atoms with E-state index in [0.717, 1.165) is 27.6 Å². The summed E-state index contributed by atoms with van der Waals surface area (Å²) in [5.41, 5.74) is 2.95. The smallest absolute Gasteiger partial charge is 0.129 e. The van der Waals surface area contributed by atoms with Crippen molar-refractivity contribution >= 4 is 11.3 Å². The molecule has 0 unspecified atom stereocenters. The molecule has 0 amide bonds. The highest BCUT2D eigenvalue weighted by molar-refractivity contribution is 7.13. The number of methoxy groups -OCH3 is 1. The van der Waals surface area contributed by atoms with Crippen LogP contribution in [0.1, 0.15) is 11.3 Å². The molecule has 26 heavy (non-hydrogen) atoms. The summed E-state index contributed by atoms with van der Waals surface area (Å²) in [6.07, 6.45) is 5.51. The van der Waals surface area contributed by atoms with Gasteiger partial charge in [0.15, 0.2) is 0 Å². The van der Waals surface area contributed by atoms with Crippen molar-refractivity contribution in [3.8, 4) is 28.7 Å². The summed E-state index contributed by atoms with van der Waals surface area (Å²) in [4.78, 5) is 6.84. The second-order valence-electron chi connectivity index (χ2n) is 5.82. The Kier molecular flexibility index (Phi) is 6.00. The first-order valence-electron chi connectivity index (χ1n) is 8.17. The third kappa shape index (κ3) is 4.48. The first-order valence-corrected chi connectivity index (χ1v) is 9.05. The molecule has 3 rings (SSSR count). The Hall–Kier alpha value is -2.68. The molecule has 0 aliphatic rings. The van der Waals surface area contributed by atoms with Gasteiger partial charge in [-0.25, -0.2) is 9.37 Å². The number of hydrogen-bond acceptors (Lipinski definition) is 4. The molecular weight excluding hydrogens is 347 g/mol. The maximum atomic E-state index is 13.1. The molecule has 3 nitrogen and oxygen atoms in total. The second-order valence-corrected chi connectivity index (χ2v) is 6.68. The first-order chi connectivity index (χ1) is 12.7. The van der Waals surface area contributed by atoms with Crippen LogP contribution >= 0.6 is 11.3 Å². The number of terminal acetylenes is 1. The molecule has 1 aromatic heterocycles. The molecule has 0 N–H and O–H groups in total. The Balaban J connectivity index is 1.75. The number of hydrogen-bond donors (Lipinski definition) is 0. The van der Waals surface area contributed by atoms with Crippen LogP contribution in [0.2, 0.25) is 0 Å². The molecule has 2 aromatic carbocycles. The zero-order chi connectivity index (χ0) is 18.4. The van der Waals surface area contributed by atoms with Crippen LogP contribution in [0.4, 0.5) is 4.39 Å². The number of para-hydroxylation sites is 1. The van der Waals surface area contributed by atoms with Gasteiger partial charge in [-0.1, -0.05) is 30.2 Å². The maximum Gasteiger partial charge on any atom is 0.129 e. The predicted molar refractivity (Wildman–Crippen MR) is 103 cm³/mol. The van der Waals surface area contributed by atoms with Crippen LogP contribution in [-0.4, -0.2) is 23.5 Å². The van der Waals surface area contributed by atoms with Crippen molar-refractivity contribution in [1.29, 1.82) is 0 Å². The highest BCUT2D eigenvalue weighted by Gasteiger charge is 2.12. The Morgan fingerprint density at radius 2 is 1.92 bits per heavy atom. The number of aromatic nitrogens is 1. The van der Waals surface area contributed by atoms with E-state index in [1.54, 1.807) is 30.6 Å². The maximum absolute atomic E-state index is 13.1. The zero-order valence-corrected chi connectivity index (χ0v) is 15.3. The third-order valence-corrected chi connectivity index (χ3v) is 4.83. The van der Waals surface area contributed by atoms with Gasteiger partial charge < -0.3 is 4.74 Å². The Morgan fingerprint density at radius 1 is 1.15 bits per heavy atom. The summed E-state index contributed by atoms with van der Waals surface area (Å²) in [5.74, 6) is 3.25. The van der Waals surface area contributed by atoms with Crippen molar-refractivity contribution in [2.75, 3.05) is 13.7 Å². The second kappa shape index (κ2) is 8.61. The lowest BCUT2D eigenvalue weighted by atomic mass is 10.2. The fraction of sp³-hybridized carbons (Fsp3) is 0.190. The summed E-state index contributed by atoms with van der Waals surface area (Å²) < 4.78 is 18.5. The minimum atomic E-state index is -0.238. The molecular formula is C21H19FN2OS. The third-order valence-electron chi connectivity index (χ3n) is 3.91. The van der Waals surface area contributed by atoms with Gasteiger partial charge in [-0.2, -0.15) is 0 Å². The van der Waals surface area contributed by atoms with Crippen molar-refractivity contribution in [1.82, 2.24) is 9.88 Å². The lowest BCUT2D eigenvalue weighted by Crippen LogP contribution is -2.23. The SMILES string of the molecule is C#CCN(Cc1ccc(F)cc1)Cc1csc(-c2ccccc2OC)n1. The average Bonchev–Trinajstić information content (AvgIpc) is 3.12. The molecule has 0 radical (unpaired) electrons. The van der Waals surface area contributed by atoms with Crippen LogP contribution in [0.3, 0.4) is 0 Å². The fourth-order valence-electron chi connectivity index (χ4n) is 2.70. The van der Waals surface area contributed by atoms with Crippen LogP contribution in [0.25, 0.3) is 10.6 Å². The number of thiazole rings is 1. The molecule has 1 heterocycles. The highest BCUT2D eigenvalue weighted by atomic mass is 32.1. The van der Waals surface area contributed by atoms with Gasteiger partial charge in [0, 0.05) is 18.5 Å². The number of nitrogens with zero attached hydrogens (tertiary/aromatic N) is 2. The quantitative estimate of drug-likeness (QED) is 0.572. The minimum Gasteiger partial charge on any atom is -0.496 e. The molecule has 3 aromatic rings. The summed E-state index contributed by atoms with van der Waals surface area (Å²) in [6, 6.07) is 14.3. The summed E-state index contributed by atoms with van der Waals surface area (Å²) in [5, 5.41) is 2.95. The molecule has 0 aliphatic heterocycles. The van der Waals surface area contributed by atoms with Gasteiger partial charge in [0.2, 0.25) is 0 Å². The van der Waals surface area contributed by atoms with E-state index in [2.05, 4.69) is 10.8 Å². The number of ether oxygens (including phenoxy) is 1. The summed E-state index contributed by atoms with van der Waals surface area (Å²) in [6.45, 7) is 1.78. The van der Waals surface area contributed by atoms with Crippen LogP contribution in [-0.2, 0) is 13.1 Å². The van der Waals surface area contributed by atoms with Crippen molar-refractivity contribution < 1.29 is 9.13 Å². The Morgan fingerprint density at radius 3 is 2.65 bits per heavy atom. The van der Waals surface area contributed by atoms with E-state index in [9.17, 15) is 4.39 Å². The molecule has 0 aliphatic carbocycles. The average molecular weight is 366 g/mol. The van der Waals surface area contributed by atoms with Crippen molar-refractivity contribution in [2.45, 2.75) is 13.1 Å². The van der Waals surface area contributed by atoms with E-state index in [4.69, 9.17) is 16.1 Å². The molecule has 0 saturated carbocycles. The van der Waals surface area contributed by atoms with Gasteiger partial charge in [-0.3, -0.25) is 4.90 Å². The van der Waals surface area contributed by atoms with Gasteiger partial charge in [0.05, 0.1) is 24.9 Å². The predicted octanol–water partition coefficient (Wildman–Crippen LogP) is 4.59. The monoisotopic (exact) mass is 366 g/mol. The van der Waals surface area contributed by atoms with Gasteiger partial charge in [0.25, 0.3) is 0 Å². The van der Waals surface area contributed by atoms with E-state index in [0.29, 0.717) is 19.6 Å². The Labute approximate surface area is 157 Å². The number of benzene rings is 2. The van der Waals surface area contributed by atoms with E-state index in [-0.39, 0.29) is 5.82 Å². The minimum absolute atomic E-state index is 0.238. The molecule has 0 atom stereocenters. The lowest BCUT2D eigenvalue weighted by Gasteiger charge is -2.18. The van der Waals surface area contributed by atoms with E-state index < -0.39 is 0 Å². The van der Waals surface area contributed by atoms with Crippen molar-refractivity contribution in [2.24, 2.45) is 0 Å². The van der Waals surface area contributed by atoms with Crippen molar-refractivity contribution in [3.63, 3.8) is 0 Å². The molecule has 132 valence electrons. The van der Waals surface area contributed by atoms with Crippen LogP contribution in [0, 0.1) is 18.2 Å². The standard InChI is InChI=1S/C21H19FN2OS/c1-3-12-24(13-16-8-10-17(22)11-9-16)14-18-15-26-21(23-18)19-6-4-5-7-20(19)25-2/h1,4-11,15H,12-14H2,2H3. The Bertz CT molecular complexity index is 899. The van der Waals surface area contributed by atoms with Crippen LogP contribution in [0.15, 0.2) is 53.9 Å². The topological polar surface area (TPSA) is 25.4 Å². The van der Waals surface area contributed by atoms with Crippen molar-refractivity contribution in [3.05, 3.63) is 71.0 Å². The molecule has 0 fully saturated rings. The number of rotatable bonds is 7. The highest BCUT2D eigenvalue weighted by Crippen LogP contribution is 2.32. The molecule has 0 bridgehead atoms. The van der Waals surface area contributed by atoms with Gasteiger partial charge in [0.1, 0.15) is 16.6 Å². The lowest BCUT2D eigenvalue weighted by molar-refractivity contribution is 0.287. The van der Waals surface area contributed by atoms with Crippen LogP contribution < -0.4 is 4.74 Å². The van der Waals surface area contributed by atoms with E-state index in [1.165, 1.54) is 12.1 Å². The van der Waals surface area contributed by atoms with Crippen LogP contribution in [0.5, 0.6) is 5.75 Å². The first kappa shape index (κ1) is 18.1. The summed E-state index contributed by atoms with van der Waals surface area (Å²) >= 11 is 1.58. The fourth-order valence-corrected chi connectivity index (χ4v) is 3.54. The van der Waals surface area contributed by atoms with E-state index in [1.807, 2.05) is 29.6 Å². The normalized spacial score (nSPS) is 10.7. The molecule has 0 spiro atoms. The van der Waals surface area contributed by atoms with E-state index >= 15 is 0 Å².